The van der Waals surface area contributed by atoms with E-state index in [0.29, 0.717) is 5.11 Å². The summed E-state index contributed by atoms with van der Waals surface area (Å²) >= 11 is 6.86. The van der Waals surface area contributed by atoms with E-state index in [1.54, 1.807) is 23.5 Å². The molecule has 34 heavy (non-hydrogen) atoms. The van der Waals surface area contributed by atoms with Crippen LogP contribution in [0.5, 0.6) is 0 Å². The predicted octanol–water partition coefficient (Wildman–Crippen LogP) is 4.30. The molecule has 4 rings (SSSR count). The molecule has 0 saturated carbocycles. The average Bonchev–Trinajstić information content (AvgIpc) is 3.26. The molecule has 1 aromatic heterocycles. The summed E-state index contributed by atoms with van der Waals surface area (Å²) in [6.45, 7) is 7.75. The van der Waals surface area contributed by atoms with Crippen LogP contribution in [0.3, 0.4) is 0 Å². The van der Waals surface area contributed by atoms with Crippen LogP contribution >= 0.6 is 23.6 Å². The van der Waals surface area contributed by atoms with Crippen LogP contribution in [0.4, 0.5) is 15.8 Å². The third-order valence-electron chi connectivity index (χ3n) is 5.57. The monoisotopic (exact) mass is 499 g/mol. The maximum absolute atomic E-state index is 13.3. The first kappa shape index (κ1) is 24.4. The molecule has 1 saturated heterocycles. The number of hydrogen-bond acceptors (Lipinski definition) is 5. The average molecular weight is 500 g/mol. The molecule has 0 aliphatic carbocycles. The Balaban J connectivity index is 1.57. The molecule has 0 amide bonds. The SMILES string of the molecule is CCNC(=S)NCCCn1c(-c2ccc(N3CCOCC3)cc2)cs/c1=N\c1ccc(F)cc1. The van der Waals surface area contributed by atoms with E-state index < -0.39 is 0 Å². The fourth-order valence-corrected chi connectivity index (χ4v) is 5.02. The smallest absolute Gasteiger partial charge is 0.190 e. The topological polar surface area (TPSA) is 53.8 Å². The van der Waals surface area contributed by atoms with Crippen LogP contribution < -0.4 is 20.3 Å². The molecule has 1 aliphatic rings. The third-order valence-corrected chi connectivity index (χ3v) is 6.72. The number of thiocarbonyl (C=S) groups is 1. The molecule has 0 unspecified atom stereocenters. The van der Waals surface area contributed by atoms with Crippen molar-refractivity contribution in [3.8, 4) is 11.3 Å². The van der Waals surface area contributed by atoms with Crippen LogP contribution in [0.2, 0.25) is 0 Å². The zero-order chi connectivity index (χ0) is 23.8. The molecule has 9 heteroatoms. The molecule has 2 aromatic carbocycles. The summed E-state index contributed by atoms with van der Waals surface area (Å²) in [5.74, 6) is -0.262. The third kappa shape index (κ3) is 6.43. The van der Waals surface area contributed by atoms with Gasteiger partial charge in [0, 0.05) is 43.8 Å². The molecule has 2 N–H and O–H groups in total. The van der Waals surface area contributed by atoms with Crippen LogP contribution in [-0.4, -0.2) is 49.1 Å². The standard InChI is InChI=1S/C25H30FN5OS2/c1-2-27-24(33)28-12-3-13-31-23(18-34-25(31)29-21-8-6-20(26)7-9-21)19-4-10-22(11-5-19)30-14-16-32-17-15-30/h4-11,18H,2-3,12-17H2,1H3,(H2,27,28,33)/b29-25-. The van der Waals surface area contributed by atoms with Crippen molar-refractivity contribution < 1.29 is 9.13 Å². The molecule has 0 radical (unpaired) electrons. The van der Waals surface area contributed by atoms with Gasteiger partial charge in [-0.15, -0.1) is 11.3 Å². The van der Waals surface area contributed by atoms with E-state index in [0.717, 1.165) is 74.1 Å². The largest absolute Gasteiger partial charge is 0.378 e. The number of anilines is 1. The first-order valence-corrected chi connectivity index (χ1v) is 12.9. The Bertz CT molecular complexity index is 1140. The van der Waals surface area contributed by atoms with Crippen molar-refractivity contribution in [1.29, 1.82) is 0 Å². The van der Waals surface area contributed by atoms with E-state index >= 15 is 0 Å². The van der Waals surface area contributed by atoms with Crippen LogP contribution in [0.15, 0.2) is 58.9 Å². The van der Waals surface area contributed by atoms with Crippen molar-refractivity contribution in [2.24, 2.45) is 4.99 Å². The number of ether oxygens (including phenoxy) is 1. The van der Waals surface area contributed by atoms with Gasteiger partial charge in [0.1, 0.15) is 5.82 Å². The lowest BCUT2D eigenvalue weighted by molar-refractivity contribution is 0.122. The number of nitrogens with zero attached hydrogens (tertiary/aromatic N) is 3. The lowest BCUT2D eigenvalue weighted by Gasteiger charge is -2.28. The molecule has 0 atom stereocenters. The quantitative estimate of drug-likeness (QED) is 0.358. The summed E-state index contributed by atoms with van der Waals surface area (Å²) in [4.78, 5) is 8.03. The van der Waals surface area contributed by atoms with Crippen molar-refractivity contribution >= 4 is 40.0 Å². The van der Waals surface area contributed by atoms with Gasteiger partial charge in [0.25, 0.3) is 0 Å². The second kappa shape index (κ2) is 12.1. The highest BCUT2D eigenvalue weighted by Crippen LogP contribution is 2.25. The molecule has 6 nitrogen and oxygen atoms in total. The normalized spacial score (nSPS) is 14.3. The van der Waals surface area contributed by atoms with Crippen LogP contribution in [-0.2, 0) is 11.3 Å². The Kier molecular flexibility index (Phi) is 8.67. The van der Waals surface area contributed by atoms with Gasteiger partial charge in [-0.1, -0.05) is 12.1 Å². The van der Waals surface area contributed by atoms with Gasteiger partial charge in [-0.25, -0.2) is 9.38 Å². The van der Waals surface area contributed by atoms with Gasteiger partial charge in [-0.3, -0.25) is 0 Å². The Morgan fingerprint density at radius 1 is 1.09 bits per heavy atom. The molecule has 1 fully saturated rings. The minimum atomic E-state index is -0.262. The second-order valence-corrected chi connectivity index (χ2v) is 9.17. The fraction of sp³-hybridized carbons (Fsp3) is 0.360. The Morgan fingerprint density at radius 3 is 2.53 bits per heavy atom. The second-order valence-electron chi connectivity index (χ2n) is 7.93. The minimum absolute atomic E-state index is 0.262. The van der Waals surface area contributed by atoms with Crippen LogP contribution in [0.25, 0.3) is 11.3 Å². The van der Waals surface area contributed by atoms with Crippen molar-refractivity contribution in [1.82, 2.24) is 15.2 Å². The Labute approximate surface area is 209 Å². The molecule has 2 heterocycles. The Morgan fingerprint density at radius 2 is 1.82 bits per heavy atom. The highest BCUT2D eigenvalue weighted by atomic mass is 32.1. The summed E-state index contributed by atoms with van der Waals surface area (Å²) in [6.07, 6.45) is 0.887. The Hall–Kier alpha value is -2.75. The van der Waals surface area contributed by atoms with Gasteiger partial charge in [-0.2, -0.15) is 0 Å². The number of nitrogens with one attached hydrogen (secondary N) is 2. The lowest BCUT2D eigenvalue weighted by atomic mass is 10.1. The van der Waals surface area contributed by atoms with E-state index in [-0.39, 0.29) is 5.82 Å². The summed E-state index contributed by atoms with van der Waals surface area (Å²) < 4.78 is 21.0. The fourth-order valence-electron chi connectivity index (χ4n) is 3.82. The summed E-state index contributed by atoms with van der Waals surface area (Å²) in [5.41, 5.74) is 4.21. The highest BCUT2D eigenvalue weighted by molar-refractivity contribution is 7.80. The molecule has 0 spiro atoms. The molecule has 3 aromatic rings. The summed E-state index contributed by atoms with van der Waals surface area (Å²) in [6, 6.07) is 15.0. The van der Waals surface area contributed by atoms with E-state index in [4.69, 9.17) is 21.9 Å². The zero-order valence-electron chi connectivity index (χ0n) is 19.3. The number of benzene rings is 2. The molecule has 0 bridgehead atoms. The van der Waals surface area contributed by atoms with Crippen LogP contribution in [0, 0.1) is 5.82 Å². The minimum Gasteiger partial charge on any atom is -0.378 e. The van der Waals surface area contributed by atoms with Crippen molar-refractivity contribution in [2.45, 2.75) is 19.9 Å². The van der Waals surface area contributed by atoms with E-state index in [1.165, 1.54) is 17.8 Å². The van der Waals surface area contributed by atoms with Gasteiger partial charge < -0.3 is 24.8 Å². The summed E-state index contributed by atoms with van der Waals surface area (Å²) in [7, 11) is 0. The summed E-state index contributed by atoms with van der Waals surface area (Å²) in [5, 5.41) is 9.17. The first-order chi connectivity index (χ1) is 16.6. The van der Waals surface area contributed by atoms with Crippen molar-refractivity contribution in [2.75, 3.05) is 44.3 Å². The first-order valence-electron chi connectivity index (χ1n) is 11.6. The van der Waals surface area contributed by atoms with Gasteiger partial charge in [-0.05, 0) is 67.5 Å². The maximum atomic E-state index is 13.3. The van der Waals surface area contributed by atoms with E-state index in [9.17, 15) is 4.39 Å². The number of hydrogen-bond donors (Lipinski definition) is 2. The number of morpholine rings is 1. The predicted molar refractivity (Wildman–Crippen MR) is 141 cm³/mol. The number of halogens is 1. The van der Waals surface area contributed by atoms with Crippen molar-refractivity contribution in [3.05, 3.63) is 64.5 Å². The van der Waals surface area contributed by atoms with E-state index in [2.05, 4.69) is 49.7 Å². The molecule has 1 aliphatic heterocycles. The lowest BCUT2D eigenvalue weighted by Crippen LogP contribution is -2.36. The van der Waals surface area contributed by atoms with Gasteiger partial charge in [0.2, 0.25) is 0 Å². The van der Waals surface area contributed by atoms with E-state index in [1.807, 2.05) is 6.92 Å². The van der Waals surface area contributed by atoms with Gasteiger partial charge in [0.15, 0.2) is 9.91 Å². The molecular formula is C25H30FN5OS2. The van der Waals surface area contributed by atoms with Crippen molar-refractivity contribution in [3.63, 3.8) is 0 Å². The molecule has 180 valence electrons. The van der Waals surface area contributed by atoms with Gasteiger partial charge >= 0.3 is 0 Å². The number of aromatic nitrogens is 1. The number of rotatable bonds is 8. The zero-order valence-corrected chi connectivity index (χ0v) is 20.9. The van der Waals surface area contributed by atoms with Gasteiger partial charge in [0.05, 0.1) is 24.6 Å². The maximum Gasteiger partial charge on any atom is 0.190 e. The molecular weight excluding hydrogens is 469 g/mol. The van der Waals surface area contributed by atoms with Crippen LogP contribution in [0.1, 0.15) is 13.3 Å². The number of thiazole rings is 1. The highest BCUT2D eigenvalue weighted by Gasteiger charge is 2.13.